The number of tetrazole rings is 1. The highest BCUT2D eigenvalue weighted by atomic mass is 19.1. The lowest BCUT2D eigenvalue weighted by molar-refractivity contribution is -0.132. The van der Waals surface area contributed by atoms with Crippen LogP contribution < -0.4 is 5.32 Å². The van der Waals surface area contributed by atoms with E-state index in [9.17, 15) is 9.18 Å². The summed E-state index contributed by atoms with van der Waals surface area (Å²) in [7, 11) is 0. The molecule has 8 heteroatoms. The van der Waals surface area contributed by atoms with Crippen LogP contribution in [0, 0.1) is 5.82 Å². The first-order valence-electron chi connectivity index (χ1n) is 8.95. The number of hydrogen-bond donors (Lipinski definition) is 1. The van der Waals surface area contributed by atoms with Crippen molar-refractivity contribution in [2.24, 2.45) is 0 Å². The zero-order valence-electron chi connectivity index (χ0n) is 14.4. The summed E-state index contributed by atoms with van der Waals surface area (Å²) >= 11 is 0. The monoisotopic (exact) mass is 356 g/mol. The topological polar surface area (TPSA) is 77.6 Å². The van der Waals surface area contributed by atoms with Gasteiger partial charge in [0, 0.05) is 19.3 Å². The summed E-state index contributed by atoms with van der Waals surface area (Å²) in [5, 5.41) is 15.4. The Hall–Kier alpha value is -2.77. The summed E-state index contributed by atoms with van der Waals surface area (Å²) in [6.07, 6.45) is 7.99. The molecule has 0 aliphatic heterocycles. The fourth-order valence-electron chi connectivity index (χ4n) is 3.86. The molecule has 26 heavy (non-hydrogen) atoms. The summed E-state index contributed by atoms with van der Waals surface area (Å²) in [6.45, 7) is 1.04. The molecule has 1 aromatic carbocycles. The van der Waals surface area contributed by atoms with E-state index in [0.717, 1.165) is 43.0 Å². The Bertz CT molecular complexity index is 898. The normalized spacial score (nSPS) is 16.7. The van der Waals surface area contributed by atoms with Crippen LogP contribution in [-0.4, -0.2) is 37.2 Å². The van der Waals surface area contributed by atoms with Crippen molar-refractivity contribution < 1.29 is 9.18 Å². The van der Waals surface area contributed by atoms with Crippen molar-refractivity contribution in [2.45, 2.75) is 44.2 Å². The smallest absolute Gasteiger partial charge is 0.248 e. The van der Waals surface area contributed by atoms with Crippen LogP contribution in [0.5, 0.6) is 0 Å². The summed E-state index contributed by atoms with van der Waals surface area (Å²) in [5.41, 5.74) is 0.124. The first-order chi connectivity index (χ1) is 12.7. The van der Waals surface area contributed by atoms with E-state index in [2.05, 4.69) is 20.8 Å². The molecule has 1 fully saturated rings. The number of aromatic nitrogens is 5. The predicted octanol–water partition coefficient (Wildman–Crippen LogP) is 2.24. The number of fused-ring (bicyclic) bond motifs is 1. The fraction of sp³-hybridized carbons (Fsp3) is 0.444. The predicted molar refractivity (Wildman–Crippen MR) is 93.8 cm³/mol. The van der Waals surface area contributed by atoms with Gasteiger partial charge < -0.3 is 9.88 Å². The van der Waals surface area contributed by atoms with Crippen molar-refractivity contribution in [3.63, 3.8) is 0 Å². The standard InChI is InChI=1S/C18H21FN6O/c19-15-5-4-14-6-10-24(16(14)12-15)11-9-20-17(26)18(7-2-1-3-8-18)25-13-21-22-23-25/h4-6,10,12-13H,1-3,7-9,11H2,(H,20,26). The molecule has 1 aliphatic rings. The third-order valence-electron chi connectivity index (χ3n) is 5.27. The second kappa shape index (κ2) is 6.86. The number of halogens is 1. The van der Waals surface area contributed by atoms with Crippen LogP contribution in [0.1, 0.15) is 32.1 Å². The molecule has 0 bridgehead atoms. The van der Waals surface area contributed by atoms with E-state index in [1.54, 1.807) is 10.7 Å². The summed E-state index contributed by atoms with van der Waals surface area (Å²) in [4.78, 5) is 13.0. The average Bonchev–Trinajstić information content (AvgIpc) is 3.33. The van der Waals surface area contributed by atoms with E-state index < -0.39 is 5.54 Å². The van der Waals surface area contributed by atoms with Gasteiger partial charge in [-0.05, 0) is 52.9 Å². The molecule has 0 unspecified atom stereocenters. The minimum absolute atomic E-state index is 0.0489. The molecule has 4 rings (SSSR count). The number of benzene rings is 1. The Balaban J connectivity index is 1.46. The highest BCUT2D eigenvalue weighted by molar-refractivity contribution is 5.84. The van der Waals surface area contributed by atoms with Gasteiger partial charge >= 0.3 is 0 Å². The number of amides is 1. The first-order valence-corrected chi connectivity index (χ1v) is 8.95. The summed E-state index contributed by atoms with van der Waals surface area (Å²) in [5.74, 6) is -0.312. The lowest BCUT2D eigenvalue weighted by atomic mass is 9.81. The van der Waals surface area contributed by atoms with Gasteiger partial charge in [0.25, 0.3) is 0 Å². The lowest BCUT2D eigenvalue weighted by Crippen LogP contribution is -2.51. The fourth-order valence-corrected chi connectivity index (χ4v) is 3.86. The van der Waals surface area contributed by atoms with Crippen molar-refractivity contribution in [3.05, 3.63) is 42.6 Å². The molecule has 0 radical (unpaired) electrons. The van der Waals surface area contributed by atoms with E-state index >= 15 is 0 Å². The van der Waals surface area contributed by atoms with Crippen molar-refractivity contribution in [2.75, 3.05) is 6.54 Å². The maximum Gasteiger partial charge on any atom is 0.248 e. The number of carbonyl (C=O) groups is 1. The maximum absolute atomic E-state index is 13.5. The highest BCUT2D eigenvalue weighted by Gasteiger charge is 2.42. The molecule has 136 valence electrons. The Labute approximate surface area is 150 Å². The molecule has 7 nitrogen and oxygen atoms in total. The zero-order valence-corrected chi connectivity index (χ0v) is 14.4. The van der Waals surface area contributed by atoms with Gasteiger partial charge in [0.05, 0.1) is 5.52 Å². The quantitative estimate of drug-likeness (QED) is 0.761. The zero-order chi connectivity index (χ0) is 18.0. The van der Waals surface area contributed by atoms with Crippen molar-refractivity contribution >= 4 is 16.8 Å². The van der Waals surface area contributed by atoms with Crippen LogP contribution in [0.2, 0.25) is 0 Å². The van der Waals surface area contributed by atoms with Gasteiger partial charge in [0.1, 0.15) is 17.7 Å². The third kappa shape index (κ3) is 2.95. The Morgan fingerprint density at radius 2 is 2.08 bits per heavy atom. The minimum atomic E-state index is -0.702. The number of nitrogens with one attached hydrogen (secondary N) is 1. The Morgan fingerprint density at radius 1 is 1.23 bits per heavy atom. The van der Waals surface area contributed by atoms with Gasteiger partial charge in [0.15, 0.2) is 0 Å². The molecular weight excluding hydrogens is 335 g/mol. The number of hydrogen-bond acceptors (Lipinski definition) is 4. The largest absolute Gasteiger partial charge is 0.352 e. The van der Waals surface area contributed by atoms with Crippen LogP contribution in [0.15, 0.2) is 36.8 Å². The van der Waals surface area contributed by atoms with Crippen LogP contribution in [0.3, 0.4) is 0 Å². The molecule has 0 atom stereocenters. The van der Waals surface area contributed by atoms with E-state index in [1.165, 1.54) is 18.5 Å². The van der Waals surface area contributed by atoms with Crippen molar-refractivity contribution in [1.82, 2.24) is 30.1 Å². The average molecular weight is 356 g/mol. The second-order valence-corrected chi connectivity index (χ2v) is 6.81. The summed E-state index contributed by atoms with van der Waals surface area (Å²) in [6, 6.07) is 6.67. The molecule has 1 N–H and O–H groups in total. The van der Waals surface area contributed by atoms with E-state index in [1.807, 2.05) is 16.8 Å². The van der Waals surface area contributed by atoms with Crippen LogP contribution in [0.4, 0.5) is 4.39 Å². The van der Waals surface area contributed by atoms with Gasteiger partial charge in [-0.2, -0.15) is 0 Å². The maximum atomic E-state index is 13.5. The third-order valence-corrected chi connectivity index (χ3v) is 5.27. The molecule has 3 aromatic rings. The molecule has 2 aromatic heterocycles. The van der Waals surface area contributed by atoms with E-state index in [0.29, 0.717) is 13.1 Å². The van der Waals surface area contributed by atoms with Gasteiger partial charge in [0.2, 0.25) is 5.91 Å². The first kappa shape index (κ1) is 16.7. The van der Waals surface area contributed by atoms with Crippen LogP contribution in [-0.2, 0) is 16.9 Å². The minimum Gasteiger partial charge on any atom is -0.352 e. The summed E-state index contributed by atoms with van der Waals surface area (Å²) < 4.78 is 17.0. The Kier molecular flexibility index (Phi) is 4.40. The van der Waals surface area contributed by atoms with E-state index in [4.69, 9.17) is 0 Å². The second-order valence-electron chi connectivity index (χ2n) is 6.81. The van der Waals surface area contributed by atoms with Crippen LogP contribution >= 0.6 is 0 Å². The molecule has 1 amide bonds. The number of nitrogens with zero attached hydrogens (tertiary/aromatic N) is 5. The molecular formula is C18H21FN6O. The molecule has 0 spiro atoms. The molecule has 1 saturated carbocycles. The van der Waals surface area contributed by atoms with E-state index in [-0.39, 0.29) is 11.7 Å². The highest BCUT2D eigenvalue weighted by Crippen LogP contribution is 2.34. The number of carbonyl (C=O) groups excluding carboxylic acids is 1. The Morgan fingerprint density at radius 3 is 2.85 bits per heavy atom. The van der Waals surface area contributed by atoms with Gasteiger partial charge in [-0.15, -0.1) is 5.10 Å². The van der Waals surface area contributed by atoms with Gasteiger partial charge in [-0.25, -0.2) is 9.07 Å². The van der Waals surface area contributed by atoms with Crippen LogP contribution in [0.25, 0.3) is 10.9 Å². The molecule has 1 aliphatic carbocycles. The van der Waals surface area contributed by atoms with Gasteiger partial charge in [-0.1, -0.05) is 19.3 Å². The van der Waals surface area contributed by atoms with Gasteiger partial charge in [-0.3, -0.25) is 4.79 Å². The van der Waals surface area contributed by atoms with Crippen molar-refractivity contribution in [1.29, 1.82) is 0 Å². The number of rotatable bonds is 5. The molecule has 0 saturated heterocycles. The van der Waals surface area contributed by atoms with Crippen molar-refractivity contribution in [3.8, 4) is 0 Å². The lowest BCUT2D eigenvalue weighted by Gasteiger charge is -2.35. The SMILES string of the molecule is O=C(NCCn1ccc2ccc(F)cc21)C1(n2cnnn2)CCCCC1. The molecule has 2 heterocycles.